The third-order valence-electron chi connectivity index (χ3n) is 4.20. The quantitative estimate of drug-likeness (QED) is 0.495. The lowest BCUT2D eigenvalue weighted by Gasteiger charge is -2.13. The molecule has 3 rings (SSSR count). The molecule has 0 fully saturated rings. The molecule has 2 N–H and O–H groups in total. The first kappa shape index (κ1) is 18.1. The maximum atomic E-state index is 12.6. The van der Waals surface area contributed by atoms with Gasteiger partial charge in [0.25, 0.3) is 11.6 Å². The number of aromatic nitrogens is 2. The number of hydrogen-bond donors (Lipinski definition) is 2. The number of imidazole rings is 1. The van der Waals surface area contributed by atoms with Gasteiger partial charge >= 0.3 is 0 Å². The topological polar surface area (TPSA) is 102 Å². The first-order valence-corrected chi connectivity index (χ1v) is 8.35. The molecule has 8 nitrogen and oxygen atoms in total. The van der Waals surface area contributed by atoms with Crippen LogP contribution in [0.4, 0.5) is 11.4 Å². The van der Waals surface area contributed by atoms with Gasteiger partial charge in [0.15, 0.2) is 0 Å². The summed E-state index contributed by atoms with van der Waals surface area (Å²) in [6.07, 6.45) is 5.32. The molecule has 0 aliphatic heterocycles. The number of nitro benzene ring substituents is 1. The van der Waals surface area contributed by atoms with Crippen molar-refractivity contribution >= 4 is 17.3 Å². The molecule has 0 atom stereocenters. The Labute approximate surface area is 156 Å². The van der Waals surface area contributed by atoms with Crippen molar-refractivity contribution in [1.29, 1.82) is 0 Å². The Balaban J connectivity index is 1.77. The maximum absolute atomic E-state index is 12.6. The van der Waals surface area contributed by atoms with E-state index < -0.39 is 4.92 Å². The van der Waals surface area contributed by atoms with E-state index in [9.17, 15) is 14.9 Å². The monoisotopic (exact) mass is 365 g/mol. The van der Waals surface area contributed by atoms with Crippen molar-refractivity contribution in [1.82, 2.24) is 14.9 Å². The molecule has 0 spiro atoms. The molecular formula is C19H19N5O3. The van der Waals surface area contributed by atoms with E-state index in [0.29, 0.717) is 18.8 Å². The highest BCUT2D eigenvalue weighted by atomic mass is 16.6. The summed E-state index contributed by atoms with van der Waals surface area (Å²) in [5.74, 6) is -0.375. The minimum Gasteiger partial charge on any atom is -0.387 e. The molecule has 0 saturated heterocycles. The average Bonchev–Trinajstić information content (AvgIpc) is 3.19. The van der Waals surface area contributed by atoms with Gasteiger partial charge in [0.2, 0.25) is 0 Å². The number of hydrogen-bond acceptors (Lipinski definition) is 5. The van der Waals surface area contributed by atoms with Crippen LogP contribution in [0.5, 0.6) is 0 Å². The highest BCUT2D eigenvalue weighted by Gasteiger charge is 2.16. The summed E-state index contributed by atoms with van der Waals surface area (Å²) in [6, 6.07) is 12.0. The molecule has 3 aromatic rings. The van der Waals surface area contributed by atoms with Crippen LogP contribution in [0.1, 0.15) is 21.5 Å². The smallest absolute Gasteiger partial charge is 0.270 e. The molecule has 2 aromatic carbocycles. The van der Waals surface area contributed by atoms with E-state index >= 15 is 0 Å². The van der Waals surface area contributed by atoms with Crippen molar-refractivity contribution in [3.05, 3.63) is 88.0 Å². The Kier molecular flexibility index (Phi) is 5.46. The van der Waals surface area contributed by atoms with Gasteiger partial charge in [-0.15, -0.1) is 0 Å². The number of rotatable bonds is 7. The largest absolute Gasteiger partial charge is 0.387 e. The zero-order valence-electron chi connectivity index (χ0n) is 14.8. The van der Waals surface area contributed by atoms with Gasteiger partial charge in [-0.3, -0.25) is 14.9 Å². The zero-order valence-corrected chi connectivity index (χ0v) is 14.8. The van der Waals surface area contributed by atoms with Crippen LogP contribution < -0.4 is 10.6 Å². The van der Waals surface area contributed by atoms with Crippen molar-refractivity contribution < 1.29 is 9.72 Å². The van der Waals surface area contributed by atoms with Crippen molar-refractivity contribution in [3.8, 4) is 0 Å². The average molecular weight is 365 g/mol. The molecule has 0 aliphatic rings. The normalized spacial score (nSPS) is 10.4. The molecule has 27 heavy (non-hydrogen) atoms. The summed E-state index contributed by atoms with van der Waals surface area (Å²) in [6.45, 7) is 0.959. The minimum absolute atomic E-state index is 0.125. The van der Waals surface area contributed by atoms with Gasteiger partial charge < -0.3 is 15.2 Å². The fraction of sp³-hybridized carbons (Fsp3) is 0.158. The molecule has 8 heteroatoms. The first-order valence-electron chi connectivity index (χ1n) is 8.35. The Morgan fingerprint density at radius 2 is 2.00 bits per heavy atom. The van der Waals surface area contributed by atoms with Crippen LogP contribution in [0.3, 0.4) is 0 Å². The van der Waals surface area contributed by atoms with Crippen LogP contribution >= 0.6 is 0 Å². The number of nitrogens with zero attached hydrogens (tertiary/aromatic N) is 3. The molecule has 1 amide bonds. The predicted octanol–water partition coefficient (Wildman–Crippen LogP) is 2.81. The van der Waals surface area contributed by atoms with Gasteiger partial charge in [0, 0.05) is 50.4 Å². The van der Waals surface area contributed by atoms with Crippen molar-refractivity contribution in [2.24, 2.45) is 0 Å². The number of anilines is 1. The van der Waals surface area contributed by atoms with Crippen LogP contribution in [-0.4, -0.2) is 27.4 Å². The lowest BCUT2D eigenvalue weighted by molar-refractivity contribution is -0.384. The van der Waals surface area contributed by atoms with Gasteiger partial charge in [-0.25, -0.2) is 4.98 Å². The molecule has 0 unspecified atom stereocenters. The highest BCUT2D eigenvalue weighted by molar-refractivity contribution is 6.00. The highest BCUT2D eigenvalue weighted by Crippen LogP contribution is 2.22. The van der Waals surface area contributed by atoms with Crippen molar-refractivity contribution in [2.45, 2.75) is 13.1 Å². The number of carbonyl (C=O) groups is 1. The summed E-state index contributed by atoms with van der Waals surface area (Å²) < 4.78 is 1.94. The summed E-state index contributed by atoms with van der Waals surface area (Å²) in [7, 11) is 1.67. The van der Waals surface area contributed by atoms with Crippen LogP contribution in [-0.2, 0) is 13.1 Å². The summed E-state index contributed by atoms with van der Waals surface area (Å²) in [4.78, 5) is 27.1. The lowest BCUT2D eigenvalue weighted by atomic mass is 10.1. The zero-order chi connectivity index (χ0) is 19.2. The SMILES string of the molecule is CNc1ccc([N+](=O)[O-])cc1C(=O)NCc1ccccc1Cn1ccnc1. The lowest BCUT2D eigenvalue weighted by Crippen LogP contribution is -2.24. The van der Waals surface area contributed by atoms with Gasteiger partial charge in [0.1, 0.15) is 0 Å². The molecule has 0 aliphatic carbocycles. The van der Waals surface area contributed by atoms with Crippen LogP contribution in [0, 0.1) is 10.1 Å². The Hall–Kier alpha value is -3.68. The summed E-state index contributed by atoms with van der Waals surface area (Å²) in [5, 5.41) is 16.7. The Morgan fingerprint density at radius 1 is 1.22 bits per heavy atom. The van der Waals surface area contributed by atoms with E-state index in [2.05, 4.69) is 15.6 Å². The van der Waals surface area contributed by atoms with E-state index in [1.807, 2.05) is 35.0 Å². The van der Waals surface area contributed by atoms with E-state index in [0.717, 1.165) is 11.1 Å². The van der Waals surface area contributed by atoms with Gasteiger partial charge in [0.05, 0.1) is 16.8 Å². The summed E-state index contributed by atoms with van der Waals surface area (Å²) in [5.41, 5.74) is 2.67. The van der Waals surface area contributed by atoms with Crippen molar-refractivity contribution in [2.75, 3.05) is 12.4 Å². The van der Waals surface area contributed by atoms with Crippen LogP contribution in [0.15, 0.2) is 61.2 Å². The number of amides is 1. The number of nitrogens with one attached hydrogen (secondary N) is 2. The minimum atomic E-state index is -0.517. The van der Waals surface area contributed by atoms with E-state index in [1.54, 1.807) is 19.6 Å². The number of nitro groups is 1. The molecule has 0 bridgehead atoms. The van der Waals surface area contributed by atoms with Crippen LogP contribution in [0.25, 0.3) is 0 Å². The number of benzene rings is 2. The molecular weight excluding hydrogens is 346 g/mol. The third-order valence-corrected chi connectivity index (χ3v) is 4.20. The van der Waals surface area contributed by atoms with Crippen LogP contribution in [0.2, 0.25) is 0 Å². The van der Waals surface area contributed by atoms with Gasteiger partial charge in [-0.05, 0) is 17.2 Å². The standard InChI is InChI=1S/C19H19N5O3/c1-20-18-7-6-16(24(26)27)10-17(18)19(25)22-11-14-4-2-3-5-15(14)12-23-9-8-21-13-23/h2-10,13,20H,11-12H2,1H3,(H,22,25). The molecule has 0 saturated carbocycles. The molecule has 1 aromatic heterocycles. The Morgan fingerprint density at radius 3 is 2.67 bits per heavy atom. The second-order valence-corrected chi connectivity index (χ2v) is 5.92. The van der Waals surface area contributed by atoms with Crippen molar-refractivity contribution in [3.63, 3.8) is 0 Å². The summed E-state index contributed by atoms with van der Waals surface area (Å²) >= 11 is 0. The maximum Gasteiger partial charge on any atom is 0.270 e. The van der Waals surface area contributed by atoms with E-state index in [4.69, 9.17) is 0 Å². The number of non-ortho nitro benzene ring substituents is 1. The second-order valence-electron chi connectivity index (χ2n) is 5.92. The first-order chi connectivity index (χ1) is 13.1. The Bertz CT molecular complexity index is 954. The fourth-order valence-corrected chi connectivity index (χ4v) is 2.78. The second kappa shape index (κ2) is 8.13. The fourth-order valence-electron chi connectivity index (χ4n) is 2.78. The molecule has 0 radical (unpaired) electrons. The molecule has 1 heterocycles. The van der Waals surface area contributed by atoms with E-state index in [1.165, 1.54) is 18.2 Å². The third kappa shape index (κ3) is 4.30. The van der Waals surface area contributed by atoms with Gasteiger partial charge in [-0.1, -0.05) is 24.3 Å². The van der Waals surface area contributed by atoms with E-state index in [-0.39, 0.29) is 17.2 Å². The number of carbonyl (C=O) groups excluding carboxylic acids is 1. The molecule has 138 valence electrons. The predicted molar refractivity (Wildman–Crippen MR) is 102 cm³/mol. The van der Waals surface area contributed by atoms with Gasteiger partial charge in [-0.2, -0.15) is 0 Å².